The number of ketones is 1. The number of rotatable bonds is 5. The van der Waals surface area contributed by atoms with Crippen molar-refractivity contribution in [2.75, 3.05) is 13.2 Å². The monoisotopic (exact) mass is 477 g/mol. The van der Waals surface area contributed by atoms with E-state index in [2.05, 4.69) is 29.8 Å². The Morgan fingerprint density at radius 1 is 1.23 bits per heavy atom. The van der Waals surface area contributed by atoms with Crippen LogP contribution in [-0.4, -0.2) is 35.8 Å². The molecular formula is C23H28BrNO5. The van der Waals surface area contributed by atoms with Crippen LogP contribution in [0.25, 0.3) is 0 Å². The summed E-state index contributed by atoms with van der Waals surface area (Å²) < 4.78 is 11.4. The highest BCUT2D eigenvalue weighted by Crippen LogP contribution is 2.49. The van der Waals surface area contributed by atoms with Crippen molar-refractivity contribution in [2.24, 2.45) is 16.3 Å². The van der Waals surface area contributed by atoms with E-state index in [1.807, 2.05) is 6.92 Å². The zero-order valence-corrected chi connectivity index (χ0v) is 19.6. The van der Waals surface area contributed by atoms with Crippen molar-refractivity contribution in [1.29, 1.82) is 0 Å². The number of phenolic OH excluding ortho intramolecular Hbond substituents is 1. The van der Waals surface area contributed by atoms with Crippen LogP contribution in [0, 0.1) is 11.3 Å². The van der Waals surface area contributed by atoms with Crippen LogP contribution in [0.3, 0.4) is 0 Å². The van der Waals surface area contributed by atoms with Crippen molar-refractivity contribution in [3.8, 4) is 11.5 Å². The second-order valence-electron chi connectivity index (χ2n) is 8.54. The highest BCUT2D eigenvalue weighted by Gasteiger charge is 2.48. The minimum absolute atomic E-state index is 0.0141. The van der Waals surface area contributed by atoms with Crippen molar-refractivity contribution in [2.45, 2.75) is 53.4 Å². The molecule has 7 heteroatoms. The van der Waals surface area contributed by atoms with Gasteiger partial charge < -0.3 is 14.6 Å². The number of aromatic hydroxyl groups is 1. The van der Waals surface area contributed by atoms with E-state index in [9.17, 15) is 14.7 Å². The van der Waals surface area contributed by atoms with Gasteiger partial charge in [0.25, 0.3) is 0 Å². The van der Waals surface area contributed by atoms with Crippen molar-refractivity contribution in [3.05, 3.63) is 33.4 Å². The maximum Gasteiger partial charge on any atom is 0.336 e. The van der Waals surface area contributed by atoms with Crippen LogP contribution in [0.15, 0.2) is 32.9 Å². The second-order valence-corrected chi connectivity index (χ2v) is 9.40. The van der Waals surface area contributed by atoms with Gasteiger partial charge in [-0.2, -0.15) is 0 Å². The molecule has 1 fully saturated rings. The maximum atomic E-state index is 13.3. The van der Waals surface area contributed by atoms with E-state index in [1.165, 1.54) is 0 Å². The molecule has 0 bridgehead atoms. The number of esters is 1. The first-order valence-corrected chi connectivity index (χ1v) is 11.0. The fourth-order valence-corrected chi connectivity index (χ4v) is 4.93. The number of hydrogen-bond donors (Lipinski definition) is 1. The Balaban J connectivity index is 2.22. The SMILES string of the molecule is CCOC(=O)C1=C(C)N=C2CC(C)(C)CC(=O)C2[C@H]1c1cc(Br)c(O)c(OCC)c1. The molecule has 1 aliphatic carbocycles. The number of carbonyl (C=O) groups excluding carboxylic acids is 2. The van der Waals surface area contributed by atoms with E-state index in [0.29, 0.717) is 46.5 Å². The zero-order valence-electron chi connectivity index (χ0n) is 18.0. The second kappa shape index (κ2) is 8.53. The highest BCUT2D eigenvalue weighted by molar-refractivity contribution is 9.10. The number of nitrogens with zero attached hydrogens (tertiary/aromatic N) is 1. The molecule has 6 nitrogen and oxygen atoms in total. The molecule has 1 N–H and O–H groups in total. The predicted molar refractivity (Wildman–Crippen MR) is 118 cm³/mol. The van der Waals surface area contributed by atoms with Gasteiger partial charge in [-0.1, -0.05) is 13.8 Å². The summed E-state index contributed by atoms with van der Waals surface area (Å²) in [6.45, 7) is 10.1. The van der Waals surface area contributed by atoms with Gasteiger partial charge in [0.05, 0.1) is 29.2 Å². The van der Waals surface area contributed by atoms with Crippen molar-refractivity contribution < 1.29 is 24.2 Å². The number of allylic oxidation sites excluding steroid dienone is 1. The van der Waals surface area contributed by atoms with E-state index in [0.717, 1.165) is 5.71 Å². The first-order chi connectivity index (χ1) is 14.1. The molecule has 0 amide bonds. The molecule has 1 aromatic carbocycles. The molecule has 0 aromatic heterocycles. The number of ether oxygens (including phenoxy) is 2. The van der Waals surface area contributed by atoms with Crippen LogP contribution in [0.1, 0.15) is 58.9 Å². The molecule has 2 atom stereocenters. The lowest BCUT2D eigenvalue weighted by molar-refractivity contribution is -0.139. The molecular weight excluding hydrogens is 450 g/mol. The largest absolute Gasteiger partial charge is 0.503 e. The third-order valence-corrected chi connectivity index (χ3v) is 6.17. The van der Waals surface area contributed by atoms with Gasteiger partial charge >= 0.3 is 5.97 Å². The molecule has 1 unspecified atom stereocenters. The molecule has 1 aliphatic heterocycles. The van der Waals surface area contributed by atoms with Gasteiger partial charge in [0.2, 0.25) is 0 Å². The molecule has 1 saturated carbocycles. The molecule has 0 radical (unpaired) electrons. The average Bonchev–Trinajstić information content (AvgIpc) is 2.63. The van der Waals surface area contributed by atoms with Gasteiger partial charge in [0.1, 0.15) is 5.78 Å². The van der Waals surface area contributed by atoms with Crippen molar-refractivity contribution in [3.63, 3.8) is 0 Å². The van der Waals surface area contributed by atoms with Crippen LogP contribution in [0.5, 0.6) is 11.5 Å². The highest BCUT2D eigenvalue weighted by atomic mass is 79.9. The average molecular weight is 478 g/mol. The van der Waals surface area contributed by atoms with Gasteiger partial charge in [0, 0.05) is 23.7 Å². The number of hydrogen-bond acceptors (Lipinski definition) is 6. The van der Waals surface area contributed by atoms with Crippen molar-refractivity contribution in [1.82, 2.24) is 0 Å². The molecule has 162 valence electrons. The molecule has 0 spiro atoms. The fraction of sp³-hybridized carbons (Fsp3) is 0.522. The molecule has 1 aromatic rings. The van der Waals surface area contributed by atoms with Crippen LogP contribution in [-0.2, 0) is 14.3 Å². The Bertz CT molecular complexity index is 947. The summed E-state index contributed by atoms with van der Waals surface area (Å²) in [4.78, 5) is 30.9. The normalized spacial score (nSPS) is 23.0. The molecule has 2 aliphatic rings. The number of halogens is 1. The quantitative estimate of drug-likeness (QED) is 0.607. The van der Waals surface area contributed by atoms with E-state index in [-0.39, 0.29) is 23.6 Å². The van der Waals surface area contributed by atoms with Crippen molar-refractivity contribution >= 4 is 33.4 Å². The summed E-state index contributed by atoms with van der Waals surface area (Å²) in [5, 5.41) is 10.3. The van der Waals surface area contributed by atoms with Crippen LogP contribution in [0.4, 0.5) is 0 Å². The number of phenols is 1. The molecule has 30 heavy (non-hydrogen) atoms. The number of carbonyl (C=O) groups is 2. The smallest absolute Gasteiger partial charge is 0.336 e. The van der Waals surface area contributed by atoms with Crippen LogP contribution in [0.2, 0.25) is 0 Å². The lowest BCUT2D eigenvalue weighted by Gasteiger charge is -2.41. The summed E-state index contributed by atoms with van der Waals surface area (Å²) in [6, 6.07) is 3.45. The Morgan fingerprint density at radius 2 is 1.93 bits per heavy atom. The molecule has 3 rings (SSSR count). The number of fused-ring (bicyclic) bond motifs is 1. The Kier molecular flexibility index (Phi) is 6.41. The predicted octanol–water partition coefficient (Wildman–Crippen LogP) is 4.93. The number of aliphatic imine (C=N–C) groups is 1. The van der Waals surface area contributed by atoms with E-state index in [4.69, 9.17) is 14.5 Å². The van der Waals surface area contributed by atoms with Gasteiger partial charge in [0.15, 0.2) is 11.5 Å². The molecule has 1 heterocycles. The van der Waals surface area contributed by atoms with E-state index in [1.54, 1.807) is 26.0 Å². The topological polar surface area (TPSA) is 85.2 Å². The summed E-state index contributed by atoms with van der Waals surface area (Å²) >= 11 is 3.38. The molecule has 0 saturated heterocycles. The van der Waals surface area contributed by atoms with Crippen LogP contribution >= 0.6 is 15.9 Å². The third kappa shape index (κ3) is 4.17. The van der Waals surface area contributed by atoms with Gasteiger partial charge in [-0.3, -0.25) is 9.79 Å². The Labute approximate surface area is 185 Å². The zero-order chi connectivity index (χ0) is 22.2. The summed E-state index contributed by atoms with van der Waals surface area (Å²) in [7, 11) is 0. The first kappa shape index (κ1) is 22.5. The number of benzene rings is 1. The lowest BCUT2D eigenvalue weighted by atomic mass is 9.63. The van der Waals surface area contributed by atoms with Gasteiger partial charge in [-0.05, 0) is 66.2 Å². The van der Waals surface area contributed by atoms with Gasteiger partial charge in [-0.15, -0.1) is 0 Å². The minimum atomic E-state index is -0.545. The summed E-state index contributed by atoms with van der Waals surface area (Å²) in [6.07, 6.45) is 1.10. The third-order valence-electron chi connectivity index (χ3n) is 5.57. The standard InChI is InChI=1S/C23H28BrNO5/c1-6-29-17-9-13(8-14(24)21(17)27)19-18(22(28)30-7-2)12(3)25-15-10-23(4,5)11-16(26)20(15)19/h8-9,19-20,27H,6-7,10-11H2,1-5H3/t19-,20?/m0/s1. The fourth-order valence-electron chi connectivity index (χ4n) is 4.47. The van der Waals surface area contributed by atoms with Gasteiger partial charge in [-0.25, -0.2) is 4.79 Å². The Morgan fingerprint density at radius 3 is 2.57 bits per heavy atom. The summed E-state index contributed by atoms with van der Waals surface area (Å²) in [5.41, 5.74) is 2.28. The first-order valence-electron chi connectivity index (χ1n) is 10.2. The summed E-state index contributed by atoms with van der Waals surface area (Å²) in [5.74, 6) is -1.20. The number of Topliss-reactive ketones (excluding diaryl/α,β-unsaturated/α-hetero) is 1. The van der Waals surface area contributed by atoms with E-state index >= 15 is 0 Å². The lowest BCUT2D eigenvalue weighted by Crippen LogP contribution is -2.44. The maximum absolute atomic E-state index is 13.3. The minimum Gasteiger partial charge on any atom is -0.503 e. The van der Waals surface area contributed by atoms with E-state index < -0.39 is 17.8 Å². The Hall–Kier alpha value is -2.15. The van der Waals surface area contributed by atoms with Crippen LogP contribution < -0.4 is 4.74 Å².